The van der Waals surface area contributed by atoms with Crippen LogP contribution in [0.2, 0.25) is 0 Å². The van der Waals surface area contributed by atoms with Gasteiger partial charge in [0.05, 0.1) is 39.9 Å². The standard InChI is InChI=1S/C38H67N2O6P/c1-6-8-10-12-14-16-18-20-22-24-26-28-30-32-38(42)39-36(35-46-47(43,44)45-34-33-40(3,4)5)37(41)31-29-27-25-23-21-19-17-15-13-11-9-7-2/h8,10,14,16,20-23,26,28-29,31,36-37,41H,6-7,9,11-13,15,17-19,24-25,27,30,32-35H2,1-5H3,(H-,39,42,43,44)/p+1/b10-8-,16-14-,22-20-,23-21+,28-26-,31-29+. The summed E-state index contributed by atoms with van der Waals surface area (Å²) in [6.07, 6.45) is 38.5. The zero-order valence-electron chi connectivity index (χ0n) is 30.2. The zero-order chi connectivity index (χ0) is 35.1. The maximum Gasteiger partial charge on any atom is 0.472 e. The van der Waals surface area contributed by atoms with Gasteiger partial charge < -0.3 is 19.8 Å². The number of unbranched alkanes of at least 4 members (excludes halogenated alkanes) is 7. The minimum Gasteiger partial charge on any atom is -0.387 e. The normalized spacial score (nSPS) is 15.6. The van der Waals surface area contributed by atoms with E-state index in [4.69, 9.17) is 9.05 Å². The Kier molecular flexibility index (Phi) is 28.7. The van der Waals surface area contributed by atoms with Gasteiger partial charge in [0.15, 0.2) is 0 Å². The van der Waals surface area contributed by atoms with Gasteiger partial charge in [0.2, 0.25) is 5.91 Å². The van der Waals surface area contributed by atoms with Crippen LogP contribution >= 0.6 is 7.82 Å². The van der Waals surface area contributed by atoms with Crippen molar-refractivity contribution in [1.82, 2.24) is 5.32 Å². The van der Waals surface area contributed by atoms with Gasteiger partial charge in [-0.25, -0.2) is 4.57 Å². The SMILES string of the molecule is CC/C=C\C/C=C\C/C=C\C/C=C\CCC(=O)NC(COP(=O)(O)OCC[N+](C)(C)C)C(O)/C=C/CC/C=C/CCCCCCCC. The van der Waals surface area contributed by atoms with E-state index in [1.807, 2.05) is 39.4 Å². The lowest BCUT2D eigenvalue weighted by atomic mass is 10.1. The first kappa shape index (κ1) is 44.9. The average molecular weight is 680 g/mol. The average Bonchev–Trinajstić information content (AvgIpc) is 3.01. The number of carbonyl (C=O) groups excluding carboxylic acids is 1. The van der Waals surface area contributed by atoms with Gasteiger partial charge in [-0.2, -0.15) is 0 Å². The lowest BCUT2D eigenvalue weighted by molar-refractivity contribution is -0.870. The Morgan fingerprint density at radius 1 is 0.745 bits per heavy atom. The molecule has 0 aliphatic carbocycles. The van der Waals surface area contributed by atoms with Crippen LogP contribution in [0, 0.1) is 0 Å². The van der Waals surface area contributed by atoms with Gasteiger partial charge in [-0.15, -0.1) is 0 Å². The number of hydrogen-bond acceptors (Lipinski definition) is 5. The molecule has 1 amide bonds. The van der Waals surface area contributed by atoms with Gasteiger partial charge in [0.25, 0.3) is 0 Å². The number of nitrogens with zero attached hydrogens (tertiary/aromatic N) is 1. The fourth-order valence-corrected chi connectivity index (χ4v) is 5.03. The van der Waals surface area contributed by atoms with Crippen LogP contribution in [0.4, 0.5) is 0 Å². The maximum atomic E-state index is 12.7. The first-order chi connectivity index (χ1) is 22.5. The summed E-state index contributed by atoms with van der Waals surface area (Å²) in [6, 6.07) is -0.901. The van der Waals surface area contributed by atoms with E-state index in [0.717, 1.165) is 44.9 Å². The molecule has 0 aromatic rings. The summed E-state index contributed by atoms with van der Waals surface area (Å²) < 4.78 is 23.3. The number of amides is 1. The summed E-state index contributed by atoms with van der Waals surface area (Å²) in [7, 11) is 1.49. The summed E-state index contributed by atoms with van der Waals surface area (Å²) in [4.78, 5) is 22.9. The second kappa shape index (κ2) is 30.0. The number of phosphoric ester groups is 1. The van der Waals surface area contributed by atoms with Gasteiger partial charge in [-0.1, -0.05) is 119 Å². The number of phosphoric acid groups is 1. The quantitative estimate of drug-likeness (QED) is 0.0303. The molecule has 0 aromatic carbocycles. The van der Waals surface area contributed by atoms with Gasteiger partial charge in [0.1, 0.15) is 13.2 Å². The van der Waals surface area contributed by atoms with Crippen molar-refractivity contribution in [3.63, 3.8) is 0 Å². The van der Waals surface area contributed by atoms with E-state index in [9.17, 15) is 19.4 Å². The molecule has 0 aliphatic rings. The highest BCUT2D eigenvalue weighted by atomic mass is 31.2. The monoisotopic (exact) mass is 679 g/mol. The van der Waals surface area contributed by atoms with Crippen molar-refractivity contribution in [1.29, 1.82) is 0 Å². The second-order valence-corrected chi connectivity index (χ2v) is 14.3. The molecule has 0 rings (SSSR count). The molecule has 9 heteroatoms. The Morgan fingerprint density at radius 3 is 1.94 bits per heavy atom. The van der Waals surface area contributed by atoms with Gasteiger partial charge >= 0.3 is 7.82 Å². The fourth-order valence-electron chi connectivity index (χ4n) is 4.30. The molecule has 0 aromatic heterocycles. The van der Waals surface area contributed by atoms with Crippen molar-refractivity contribution in [2.45, 2.75) is 122 Å². The molecule has 47 heavy (non-hydrogen) atoms. The van der Waals surface area contributed by atoms with E-state index in [-0.39, 0.29) is 25.5 Å². The number of aliphatic hydroxyl groups is 1. The largest absolute Gasteiger partial charge is 0.472 e. The van der Waals surface area contributed by atoms with Crippen molar-refractivity contribution in [2.75, 3.05) is 40.9 Å². The Bertz CT molecular complexity index is 997. The molecule has 0 spiro atoms. The maximum absolute atomic E-state index is 12.7. The Labute approximate surface area is 287 Å². The molecule has 3 unspecified atom stereocenters. The van der Waals surface area contributed by atoms with Gasteiger partial charge in [-0.3, -0.25) is 13.8 Å². The van der Waals surface area contributed by atoms with Crippen LogP contribution in [0.3, 0.4) is 0 Å². The third-order valence-corrected chi connectivity index (χ3v) is 8.16. The summed E-state index contributed by atoms with van der Waals surface area (Å²) in [6.45, 7) is 4.55. The Balaban J connectivity index is 4.79. The van der Waals surface area contributed by atoms with E-state index < -0.39 is 20.0 Å². The highest BCUT2D eigenvalue weighted by Crippen LogP contribution is 2.43. The molecular formula is C38H68N2O6P+. The highest BCUT2D eigenvalue weighted by molar-refractivity contribution is 7.47. The highest BCUT2D eigenvalue weighted by Gasteiger charge is 2.27. The van der Waals surface area contributed by atoms with Crippen LogP contribution in [0.15, 0.2) is 72.9 Å². The number of carbonyl (C=O) groups is 1. The zero-order valence-corrected chi connectivity index (χ0v) is 31.1. The number of aliphatic hydroxyl groups excluding tert-OH is 1. The number of nitrogens with one attached hydrogen (secondary N) is 1. The molecule has 8 nitrogen and oxygen atoms in total. The van der Waals surface area contributed by atoms with Crippen LogP contribution < -0.4 is 5.32 Å². The molecule has 3 atom stereocenters. The lowest BCUT2D eigenvalue weighted by Crippen LogP contribution is -2.45. The molecule has 3 N–H and O–H groups in total. The summed E-state index contributed by atoms with van der Waals surface area (Å²) in [5.41, 5.74) is 0. The van der Waals surface area contributed by atoms with Crippen molar-refractivity contribution < 1.29 is 32.9 Å². The Hall–Kier alpha value is -2.06. The van der Waals surface area contributed by atoms with Crippen LogP contribution in [0.1, 0.15) is 110 Å². The molecule has 0 fully saturated rings. The number of likely N-dealkylation sites (N-methyl/N-ethyl adjacent to an activating group) is 1. The van der Waals surface area contributed by atoms with Crippen LogP contribution in [0.25, 0.3) is 0 Å². The molecule has 0 saturated heterocycles. The minimum atomic E-state index is -4.36. The predicted octanol–water partition coefficient (Wildman–Crippen LogP) is 8.90. The minimum absolute atomic E-state index is 0.0397. The third-order valence-electron chi connectivity index (χ3n) is 7.17. The number of allylic oxidation sites excluding steroid dienone is 11. The summed E-state index contributed by atoms with van der Waals surface area (Å²) >= 11 is 0. The van der Waals surface area contributed by atoms with Gasteiger partial charge in [0, 0.05) is 6.42 Å². The molecule has 0 heterocycles. The first-order valence-corrected chi connectivity index (χ1v) is 19.3. The van der Waals surface area contributed by atoms with E-state index >= 15 is 0 Å². The van der Waals surface area contributed by atoms with Gasteiger partial charge in [-0.05, 0) is 57.8 Å². The van der Waals surface area contributed by atoms with Crippen molar-refractivity contribution >= 4 is 13.7 Å². The Morgan fingerprint density at radius 2 is 1.30 bits per heavy atom. The van der Waals surface area contributed by atoms with Crippen LogP contribution in [0.5, 0.6) is 0 Å². The third kappa shape index (κ3) is 32.3. The summed E-state index contributed by atoms with van der Waals surface area (Å²) in [5.74, 6) is -0.273. The van der Waals surface area contributed by atoms with E-state index in [2.05, 4.69) is 67.8 Å². The lowest BCUT2D eigenvalue weighted by Gasteiger charge is -2.25. The summed E-state index contributed by atoms with van der Waals surface area (Å²) in [5, 5.41) is 13.6. The fraction of sp³-hybridized carbons (Fsp3) is 0.658. The molecule has 0 bridgehead atoms. The predicted molar refractivity (Wildman–Crippen MR) is 198 cm³/mol. The second-order valence-electron chi connectivity index (χ2n) is 12.8. The van der Waals surface area contributed by atoms with Crippen molar-refractivity contribution in [3.8, 4) is 0 Å². The molecule has 0 saturated carbocycles. The van der Waals surface area contributed by atoms with E-state index in [1.165, 1.54) is 38.5 Å². The number of quaternary nitrogens is 1. The number of rotatable bonds is 30. The van der Waals surface area contributed by atoms with E-state index in [0.29, 0.717) is 17.4 Å². The van der Waals surface area contributed by atoms with Crippen LogP contribution in [-0.4, -0.2) is 73.4 Å². The van der Waals surface area contributed by atoms with Crippen molar-refractivity contribution in [2.24, 2.45) is 0 Å². The smallest absolute Gasteiger partial charge is 0.387 e. The van der Waals surface area contributed by atoms with Crippen molar-refractivity contribution in [3.05, 3.63) is 72.9 Å². The molecule has 270 valence electrons. The molecule has 0 radical (unpaired) electrons. The van der Waals surface area contributed by atoms with E-state index in [1.54, 1.807) is 6.08 Å². The van der Waals surface area contributed by atoms with Crippen LogP contribution in [-0.2, 0) is 18.4 Å². The molecule has 0 aliphatic heterocycles. The number of hydrogen-bond donors (Lipinski definition) is 3. The topological polar surface area (TPSA) is 105 Å². The first-order valence-electron chi connectivity index (χ1n) is 17.8. The molecular weight excluding hydrogens is 611 g/mol.